The first-order valence-corrected chi connectivity index (χ1v) is 9.83. The molecule has 4 heteroatoms. The van der Waals surface area contributed by atoms with E-state index in [-0.39, 0.29) is 5.91 Å². The molecule has 1 aromatic carbocycles. The van der Waals surface area contributed by atoms with Crippen molar-refractivity contribution in [2.45, 2.75) is 45.6 Å². The highest BCUT2D eigenvalue weighted by Gasteiger charge is 2.33. The summed E-state index contributed by atoms with van der Waals surface area (Å²) in [5.41, 5.74) is 4.43. The molecule has 126 valence electrons. The Kier molecular flexibility index (Phi) is 4.42. The molecule has 24 heavy (non-hydrogen) atoms. The third kappa shape index (κ3) is 3.01. The Morgan fingerprint density at radius 3 is 2.75 bits per heavy atom. The number of thiophene rings is 1. The molecule has 2 aliphatic rings. The molecule has 0 radical (unpaired) electrons. The van der Waals surface area contributed by atoms with Crippen LogP contribution in [0.3, 0.4) is 0 Å². The van der Waals surface area contributed by atoms with E-state index in [0.717, 1.165) is 26.2 Å². The van der Waals surface area contributed by atoms with E-state index in [0.29, 0.717) is 0 Å². The summed E-state index contributed by atoms with van der Waals surface area (Å²) in [6.07, 6.45) is 6.09. The number of anilines is 1. The molecule has 1 aromatic heterocycles. The van der Waals surface area contributed by atoms with Crippen molar-refractivity contribution in [3.05, 3.63) is 51.9 Å². The van der Waals surface area contributed by atoms with Crippen molar-refractivity contribution in [2.24, 2.45) is 0 Å². The number of carbonyl (C=O) groups is 1. The van der Waals surface area contributed by atoms with E-state index in [9.17, 15) is 4.79 Å². The molecule has 1 atom stereocenters. The Bertz CT molecular complexity index is 738. The quantitative estimate of drug-likeness (QED) is 0.912. The second kappa shape index (κ2) is 6.69. The average molecular weight is 342 g/mol. The first-order valence-electron chi connectivity index (χ1n) is 9.01. The van der Waals surface area contributed by atoms with Gasteiger partial charge in [0.15, 0.2) is 6.67 Å². The highest BCUT2D eigenvalue weighted by atomic mass is 32.1. The van der Waals surface area contributed by atoms with Gasteiger partial charge in [-0.05, 0) is 36.8 Å². The maximum atomic E-state index is 12.2. The van der Waals surface area contributed by atoms with E-state index in [1.807, 2.05) is 16.2 Å². The Morgan fingerprint density at radius 1 is 1.17 bits per heavy atom. The molecule has 4 rings (SSSR count). The lowest BCUT2D eigenvalue weighted by Crippen LogP contribution is -3.13. The van der Waals surface area contributed by atoms with Crippen molar-refractivity contribution in [3.63, 3.8) is 0 Å². The topological polar surface area (TPSA) is 24.8 Å². The van der Waals surface area contributed by atoms with E-state index < -0.39 is 0 Å². The van der Waals surface area contributed by atoms with Gasteiger partial charge in [-0.15, -0.1) is 11.3 Å². The van der Waals surface area contributed by atoms with Crippen molar-refractivity contribution in [1.82, 2.24) is 0 Å². The highest BCUT2D eigenvalue weighted by molar-refractivity contribution is 7.16. The number of nitrogens with zero attached hydrogens (tertiary/aromatic N) is 1. The third-order valence-corrected chi connectivity index (χ3v) is 6.66. The minimum Gasteiger partial charge on any atom is -0.313 e. The molecule has 3 nitrogen and oxygen atoms in total. The summed E-state index contributed by atoms with van der Waals surface area (Å²) in [4.78, 5) is 17.3. The second-order valence-electron chi connectivity index (χ2n) is 7.01. The van der Waals surface area contributed by atoms with Gasteiger partial charge in [-0.2, -0.15) is 0 Å². The number of quaternary nitrogens is 1. The van der Waals surface area contributed by atoms with Gasteiger partial charge in [0, 0.05) is 23.8 Å². The van der Waals surface area contributed by atoms with Gasteiger partial charge in [0.05, 0.1) is 6.54 Å². The number of benzene rings is 1. The van der Waals surface area contributed by atoms with Crippen LogP contribution in [-0.4, -0.2) is 19.1 Å². The number of hydrogen-bond acceptors (Lipinski definition) is 2. The Labute approximate surface area is 147 Å². The highest BCUT2D eigenvalue weighted by Crippen LogP contribution is 2.40. The van der Waals surface area contributed by atoms with Gasteiger partial charge >= 0.3 is 0 Å². The fourth-order valence-corrected chi connectivity index (χ4v) is 5.46. The summed E-state index contributed by atoms with van der Waals surface area (Å²) in [7, 11) is 0. The molecular weight excluding hydrogens is 316 g/mol. The molecule has 2 heterocycles. The van der Waals surface area contributed by atoms with Crippen LogP contribution in [0, 0.1) is 0 Å². The van der Waals surface area contributed by atoms with E-state index in [1.165, 1.54) is 46.7 Å². The molecule has 1 N–H and O–H groups in total. The van der Waals surface area contributed by atoms with Gasteiger partial charge in [-0.25, -0.2) is 0 Å². The summed E-state index contributed by atoms with van der Waals surface area (Å²) in [6.45, 7) is 4.69. The summed E-state index contributed by atoms with van der Waals surface area (Å²) in [5, 5.41) is 1.25. The van der Waals surface area contributed by atoms with Crippen LogP contribution in [0.5, 0.6) is 0 Å². The lowest BCUT2D eigenvalue weighted by molar-refractivity contribution is -0.914. The molecule has 0 spiro atoms. The maximum Gasteiger partial charge on any atom is 0.228 e. The minimum atomic E-state index is 0.187. The van der Waals surface area contributed by atoms with Crippen LogP contribution in [0.2, 0.25) is 0 Å². The van der Waals surface area contributed by atoms with Crippen LogP contribution < -0.4 is 9.80 Å². The molecule has 0 fully saturated rings. The lowest BCUT2D eigenvalue weighted by Gasteiger charge is -2.32. The number of aryl methyl sites for hydroxylation is 1. The molecule has 1 amide bonds. The van der Waals surface area contributed by atoms with Crippen molar-refractivity contribution in [2.75, 3.05) is 18.1 Å². The Balaban J connectivity index is 1.57. The summed E-state index contributed by atoms with van der Waals surface area (Å²) < 4.78 is 0. The largest absolute Gasteiger partial charge is 0.313 e. The molecule has 1 aliphatic heterocycles. The van der Waals surface area contributed by atoms with Crippen LogP contribution in [0.1, 0.15) is 41.3 Å². The summed E-state index contributed by atoms with van der Waals surface area (Å²) in [5.74, 6) is 0.187. The Morgan fingerprint density at radius 2 is 1.96 bits per heavy atom. The molecular formula is C20H25N2OS+. The fourth-order valence-electron chi connectivity index (χ4n) is 4.01. The predicted octanol–water partition coefficient (Wildman–Crippen LogP) is 2.58. The molecule has 1 aliphatic carbocycles. The van der Waals surface area contributed by atoms with Gasteiger partial charge in [0.1, 0.15) is 11.5 Å². The molecule has 0 saturated heterocycles. The van der Waals surface area contributed by atoms with Crippen LogP contribution in [-0.2, 0) is 30.6 Å². The lowest BCUT2D eigenvalue weighted by atomic mass is 9.94. The Hall–Kier alpha value is -1.65. The number of hydrogen-bond donors (Lipinski definition) is 1. The summed E-state index contributed by atoms with van der Waals surface area (Å²) >= 11 is 1.88. The van der Waals surface area contributed by atoms with E-state index >= 15 is 0 Å². The second-order valence-corrected chi connectivity index (χ2v) is 8.10. The number of fused-ring (bicyclic) bond motifs is 3. The molecule has 0 saturated carbocycles. The van der Waals surface area contributed by atoms with E-state index in [2.05, 4.69) is 30.3 Å². The van der Waals surface area contributed by atoms with Crippen molar-refractivity contribution >= 4 is 22.2 Å². The first kappa shape index (κ1) is 15.9. The zero-order valence-corrected chi connectivity index (χ0v) is 15.1. The number of amides is 1. The van der Waals surface area contributed by atoms with Crippen LogP contribution >= 0.6 is 11.3 Å². The fraction of sp³-hybridized carbons (Fsp3) is 0.450. The predicted molar refractivity (Wildman–Crippen MR) is 98.7 cm³/mol. The van der Waals surface area contributed by atoms with Crippen LogP contribution in [0.25, 0.3) is 0 Å². The van der Waals surface area contributed by atoms with Gasteiger partial charge in [-0.1, -0.05) is 30.3 Å². The number of rotatable bonds is 3. The van der Waals surface area contributed by atoms with Gasteiger partial charge < -0.3 is 4.90 Å². The van der Waals surface area contributed by atoms with Gasteiger partial charge in [-0.3, -0.25) is 9.69 Å². The average Bonchev–Trinajstić information content (AvgIpc) is 2.98. The van der Waals surface area contributed by atoms with Gasteiger partial charge in [0.2, 0.25) is 5.91 Å². The zero-order valence-electron chi connectivity index (χ0n) is 14.3. The summed E-state index contributed by atoms with van der Waals surface area (Å²) in [6, 6.07) is 10.7. The van der Waals surface area contributed by atoms with Crippen molar-refractivity contribution in [3.8, 4) is 0 Å². The normalized spacial score (nSPS) is 19.7. The standard InChI is InChI=1S/C20H24N2OS/c1-15(23)22-14-21(12-11-16-7-3-2-4-8-16)13-18-17-9-5-6-10-19(17)24-20(18)22/h2-4,7-8H,5-6,9-14H2,1H3/p+1. The third-order valence-electron chi connectivity index (χ3n) is 5.30. The smallest absolute Gasteiger partial charge is 0.228 e. The number of carbonyl (C=O) groups excluding carboxylic acids is 1. The molecule has 2 aromatic rings. The van der Waals surface area contributed by atoms with Gasteiger partial charge in [0.25, 0.3) is 0 Å². The zero-order chi connectivity index (χ0) is 16.5. The van der Waals surface area contributed by atoms with E-state index in [4.69, 9.17) is 0 Å². The van der Waals surface area contributed by atoms with Crippen LogP contribution in [0.4, 0.5) is 5.00 Å². The maximum absolute atomic E-state index is 12.2. The van der Waals surface area contributed by atoms with E-state index in [1.54, 1.807) is 17.4 Å². The number of nitrogens with one attached hydrogen (secondary N) is 1. The molecule has 1 unspecified atom stereocenters. The monoisotopic (exact) mass is 341 g/mol. The van der Waals surface area contributed by atoms with Crippen molar-refractivity contribution in [1.29, 1.82) is 0 Å². The molecule has 0 bridgehead atoms. The van der Waals surface area contributed by atoms with Crippen LogP contribution in [0.15, 0.2) is 30.3 Å². The first-order chi connectivity index (χ1) is 11.7. The minimum absolute atomic E-state index is 0.187. The van der Waals surface area contributed by atoms with Crippen molar-refractivity contribution < 1.29 is 9.69 Å². The SMILES string of the molecule is CC(=O)N1C[NH+](CCc2ccccc2)Cc2c1sc1c2CCCC1.